The average molecular weight is 261 g/mol. The SMILES string of the molecule is O=C(O)C1CCC(NC(=O)C2CC(F)(F)C2)CC1. The Labute approximate surface area is 104 Å². The van der Waals surface area contributed by atoms with Crippen molar-refractivity contribution in [3.63, 3.8) is 0 Å². The third-order valence-corrected chi connectivity index (χ3v) is 3.88. The molecule has 2 aliphatic carbocycles. The van der Waals surface area contributed by atoms with E-state index in [0.29, 0.717) is 25.7 Å². The zero-order valence-electron chi connectivity index (χ0n) is 9.99. The summed E-state index contributed by atoms with van der Waals surface area (Å²) in [7, 11) is 0. The second-order valence-electron chi connectivity index (χ2n) is 5.36. The van der Waals surface area contributed by atoms with Crippen molar-refractivity contribution in [1.29, 1.82) is 0 Å². The van der Waals surface area contributed by atoms with Crippen molar-refractivity contribution < 1.29 is 23.5 Å². The maximum atomic E-state index is 12.6. The highest BCUT2D eigenvalue weighted by molar-refractivity contribution is 5.80. The first-order valence-electron chi connectivity index (χ1n) is 6.28. The lowest BCUT2D eigenvalue weighted by Crippen LogP contribution is -2.48. The third-order valence-electron chi connectivity index (χ3n) is 3.88. The van der Waals surface area contributed by atoms with Crippen molar-refractivity contribution in [2.75, 3.05) is 0 Å². The van der Waals surface area contributed by atoms with Crippen molar-refractivity contribution in [1.82, 2.24) is 5.32 Å². The van der Waals surface area contributed by atoms with Crippen LogP contribution in [0.5, 0.6) is 0 Å². The number of nitrogens with one attached hydrogen (secondary N) is 1. The van der Waals surface area contributed by atoms with Crippen LogP contribution in [0.3, 0.4) is 0 Å². The number of hydrogen-bond acceptors (Lipinski definition) is 2. The molecule has 0 saturated heterocycles. The van der Waals surface area contributed by atoms with Crippen molar-refractivity contribution in [2.24, 2.45) is 11.8 Å². The van der Waals surface area contributed by atoms with Gasteiger partial charge in [-0.05, 0) is 25.7 Å². The number of alkyl halides is 2. The van der Waals surface area contributed by atoms with E-state index in [0.717, 1.165) is 0 Å². The number of hydrogen-bond donors (Lipinski definition) is 2. The number of amides is 1. The molecule has 0 bridgehead atoms. The van der Waals surface area contributed by atoms with Crippen LogP contribution >= 0.6 is 0 Å². The summed E-state index contributed by atoms with van der Waals surface area (Å²) in [6.07, 6.45) is 1.60. The number of aliphatic carboxylic acids is 1. The number of rotatable bonds is 3. The van der Waals surface area contributed by atoms with E-state index < -0.39 is 17.8 Å². The summed E-state index contributed by atoms with van der Waals surface area (Å²) in [5, 5.41) is 11.6. The first kappa shape index (κ1) is 13.2. The zero-order valence-corrected chi connectivity index (χ0v) is 9.99. The highest BCUT2D eigenvalue weighted by Crippen LogP contribution is 2.42. The van der Waals surface area contributed by atoms with E-state index in [-0.39, 0.29) is 30.7 Å². The second-order valence-corrected chi connectivity index (χ2v) is 5.36. The van der Waals surface area contributed by atoms with Crippen LogP contribution in [-0.4, -0.2) is 28.9 Å². The number of carboxylic acids is 1. The van der Waals surface area contributed by atoms with Gasteiger partial charge in [0.05, 0.1) is 5.92 Å². The summed E-state index contributed by atoms with van der Waals surface area (Å²) in [6.45, 7) is 0. The van der Waals surface area contributed by atoms with E-state index in [1.54, 1.807) is 0 Å². The van der Waals surface area contributed by atoms with Crippen LogP contribution in [0.1, 0.15) is 38.5 Å². The van der Waals surface area contributed by atoms with E-state index in [2.05, 4.69) is 5.32 Å². The predicted octanol–water partition coefficient (Wildman–Crippen LogP) is 1.79. The molecule has 2 fully saturated rings. The Morgan fingerprint density at radius 2 is 1.61 bits per heavy atom. The molecule has 0 unspecified atom stereocenters. The van der Waals surface area contributed by atoms with Crippen molar-refractivity contribution in [3.05, 3.63) is 0 Å². The standard InChI is InChI=1S/C12H17F2NO3/c13-12(14)5-8(6-12)10(16)15-9-3-1-7(2-4-9)11(17)18/h7-9H,1-6H2,(H,15,16)(H,17,18). The second kappa shape index (κ2) is 4.82. The van der Waals surface area contributed by atoms with Gasteiger partial charge >= 0.3 is 5.97 Å². The first-order chi connectivity index (χ1) is 8.37. The van der Waals surface area contributed by atoms with Crippen molar-refractivity contribution in [3.8, 4) is 0 Å². The van der Waals surface area contributed by atoms with Gasteiger partial charge in [0.15, 0.2) is 0 Å². The summed E-state index contributed by atoms with van der Waals surface area (Å²) in [6, 6.07) is -0.0534. The Bertz CT molecular complexity index is 343. The molecule has 2 saturated carbocycles. The Morgan fingerprint density at radius 1 is 1.06 bits per heavy atom. The molecule has 18 heavy (non-hydrogen) atoms. The summed E-state index contributed by atoms with van der Waals surface area (Å²) in [4.78, 5) is 22.4. The zero-order chi connectivity index (χ0) is 13.3. The minimum atomic E-state index is -2.68. The van der Waals surface area contributed by atoms with Gasteiger partial charge in [0.2, 0.25) is 11.8 Å². The molecule has 0 radical (unpaired) electrons. The molecule has 0 atom stereocenters. The van der Waals surface area contributed by atoms with Gasteiger partial charge in [0.1, 0.15) is 0 Å². The van der Waals surface area contributed by atoms with Crippen LogP contribution in [-0.2, 0) is 9.59 Å². The minimum absolute atomic E-state index is 0.0534. The quantitative estimate of drug-likeness (QED) is 0.814. The molecule has 2 N–H and O–H groups in total. The van der Waals surface area contributed by atoms with Gasteiger partial charge in [-0.1, -0.05) is 0 Å². The van der Waals surface area contributed by atoms with E-state index in [9.17, 15) is 18.4 Å². The summed E-state index contributed by atoms with van der Waals surface area (Å²) < 4.78 is 25.2. The lowest BCUT2D eigenvalue weighted by molar-refractivity contribution is -0.151. The molecule has 6 heteroatoms. The number of carbonyl (C=O) groups excluding carboxylic acids is 1. The summed E-state index contributed by atoms with van der Waals surface area (Å²) in [5.41, 5.74) is 0. The maximum absolute atomic E-state index is 12.6. The van der Waals surface area contributed by atoms with Gasteiger partial charge < -0.3 is 10.4 Å². The molecule has 0 spiro atoms. The van der Waals surface area contributed by atoms with Crippen LogP contribution < -0.4 is 5.32 Å². The number of carboxylic acid groups (broad SMARTS) is 1. The van der Waals surface area contributed by atoms with Gasteiger partial charge in [-0.2, -0.15) is 0 Å². The molecule has 0 heterocycles. The fourth-order valence-electron chi connectivity index (χ4n) is 2.65. The van der Waals surface area contributed by atoms with Gasteiger partial charge in [0, 0.05) is 24.8 Å². The normalized spacial score (nSPS) is 31.4. The molecular formula is C12H17F2NO3. The lowest BCUT2D eigenvalue weighted by atomic mass is 9.80. The topological polar surface area (TPSA) is 66.4 Å². The number of carbonyl (C=O) groups is 2. The summed E-state index contributed by atoms with van der Waals surface area (Å²) >= 11 is 0. The Kier molecular flexibility index (Phi) is 3.54. The maximum Gasteiger partial charge on any atom is 0.306 e. The lowest BCUT2D eigenvalue weighted by Gasteiger charge is -2.35. The van der Waals surface area contributed by atoms with E-state index in [4.69, 9.17) is 5.11 Å². The molecule has 2 aliphatic rings. The molecular weight excluding hydrogens is 244 g/mol. The van der Waals surface area contributed by atoms with Crippen molar-refractivity contribution >= 4 is 11.9 Å². The molecule has 1 amide bonds. The highest BCUT2D eigenvalue weighted by atomic mass is 19.3. The molecule has 0 aromatic heterocycles. The van der Waals surface area contributed by atoms with Crippen LogP contribution in [0.15, 0.2) is 0 Å². The monoisotopic (exact) mass is 261 g/mol. The molecule has 2 rings (SSSR count). The van der Waals surface area contributed by atoms with Gasteiger partial charge in [-0.15, -0.1) is 0 Å². The van der Waals surface area contributed by atoms with Crippen LogP contribution in [0, 0.1) is 11.8 Å². The molecule has 0 aromatic carbocycles. The molecule has 4 nitrogen and oxygen atoms in total. The fourth-order valence-corrected chi connectivity index (χ4v) is 2.65. The predicted molar refractivity (Wildman–Crippen MR) is 59.2 cm³/mol. The first-order valence-corrected chi connectivity index (χ1v) is 6.28. The third kappa shape index (κ3) is 2.97. The average Bonchev–Trinajstić information content (AvgIpc) is 2.26. The smallest absolute Gasteiger partial charge is 0.306 e. The van der Waals surface area contributed by atoms with E-state index >= 15 is 0 Å². The van der Waals surface area contributed by atoms with Crippen LogP contribution in [0.4, 0.5) is 8.78 Å². The van der Waals surface area contributed by atoms with Gasteiger partial charge in [-0.3, -0.25) is 9.59 Å². The van der Waals surface area contributed by atoms with Crippen LogP contribution in [0.25, 0.3) is 0 Å². The summed E-state index contributed by atoms with van der Waals surface area (Å²) in [5.74, 6) is -4.68. The van der Waals surface area contributed by atoms with E-state index in [1.807, 2.05) is 0 Å². The van der Waals surface area contributed by atoms with E-state index in [1.165, 1.54) is 0 Å². The molecule has 0 aliphatic heterocycles. The molecule has 102 valence electrons. The largest absolute Gasteiger partial charge is 0.481 e. The Hall–Kier alpha value is -1.20. The Morgan fingerprint density at radius 3 is 2.06 bits per heavy atom. The highest BCUT2D eigenvalue weighted by Gasteiger charge is 2.49. The minimum Gasteiger partial charge on any atom is -0.481 e. The fraction of sp³-hybridized carbons (Fsp3) is 0.833. The van der Waals surface area contributed by atoms with Gasteiger partial charge in [-0.25, -0.2) is 8.78 Å². The number of halogens is 2. The van der Waals surface area contributed by atoms with Crippen LogP contribution in [0.2, 0.25) is 0 Å². The van der Waals surface area contributed by atoms with Gasteiger partial charge in [0.25, 0.3) is 0 Å². The van der Waals surface area contributed by atoms with Crippen molar-refractivity contribution in [2.45, 2.75) is 50.5 Å². The molecule has 0 aromatic rings. The Balaban J connectivity index is 1.72.